The topological polar surface area (TPSA) is 46.0 Å². The molecular weight excluding hydrogens is 152 g/mol. The Morgan fingerprint density at radius 1 is 0.833 bits per heavy atom. The monoisotopic (exact) mass is 172 g/mol. The molecular formula is C9H20N2O. The fraction of sp³-hybridized carbons (Fsp3) is 0.556. The molecule has 0 aliphatic carbocycles. The van der Waals surface area contributed by atoms with Gasteiger partial charge in [0.1, 0.15) is 6.33 Å². The molecule has 0 atom stereocenters. The highest BCUT2D eigenvalue weighted by Crippen LogP contribution is 1.66. The van der Waals surface area contributed by atoms with E-state index in [1.807, 2.05) is 27.7 Å². The van der Waals surface area contributed by atoms with E-state index in [4.69, 9.17) is 5.11 Å². The number of hydrogen-bond acceptors (Lipinski definition) is 3. The molecule has 0 bridgehead atoms. The number of nitrogens with zero attached hydrogens (tertiary/aromatic N) is 2. The number of aliphatic hydroxyl groups excluding tert-OH is 1. The second-order valence-corrected chi connectivity index (χ2v) is 0.904. The van der Waals surface area contributed by atoms with E-state index in [1.165, 1.54) is 6.33 Å². The Balaban J connectivity index is -0.000000117. The lowest BCUT2D eigenvalue weighted by molar-refractivity contribution is 0.399. The average Bonchev–Trinajstić information content (AvgIpc) is 2.29. The lowest BCUT2D eigenvalue weighted by Crippen LogP contribution is -1.66. The molecule has 0 aliphatic heterocycles. The summed E-state index contributed by atoms with van der Waals surface area (Å²) in [7, 11) is 1.00. The molecule has 1 N–H and O–H groups in total. The minimum Gasteiger partial charge on any atom is -0.400 e. The predicted octanol–water partition coefficient (Wildman–Crippen LogP) is 2.14. The molecule has 3 heteroatoms. The molecule has 12 heavy (non-hydrogen) atoms. The van der Waals surface area contributed by atoms with Gasteiger partial charge in [0.05, 0.1) is 0 Å². The Kier molecular flexibility index (Phi) is 46.3. The maximum atomic E-state index is 7.00. The molecule has 1 heterocycles. The first-order chi connectivity index (χ1) is 6.00. The van der Waals surface area contributed by atoms with Crippen LogP contribution < -0.4 is 0 Å². The van der Waals surface area contributed by atoms with Crippen molar-refractivity contribution >= 4 is 0 Å². The van der Waals surface area contributed by atoms with Crippen LogP contribution in [0.25, 0.3) is 0 Å². The van der Waals surface area contributed by atoms with Crippen LogP contribution >= 0.6 is 0 Å². The summed E-state index contributed by atoms with van der Waals surface area (Å²) in [5.74, 6) is 0. The van der Waals surface area contributed by atoms with Gasteiger partial charge in [0.2, 0.25) is 0 Å². The van der Waals surface area contributed by atoms with Crippen molar-refractivity contribution in [1.29, 1.82) is 0 Å². The summed E-state index contributed by atoms with van der Waals surface area (Å²) in [6.07, 6.45) is 4.88. The average molecular weight is 172 g/mol. The second kappa shape index (κ2) is 32.3. The summed E-state index contributed by atoms with van der Waals surface area (Å²) in [6, 6.07) is 1.78. The quantitative estimate of drug-likeness (QED) is 0.652. The van der Waals surface area contributed by atoms with E-state index in [-0.39, 0.29) is 0 Å². The summed E-state index contributed by atoms with van der Waals surface area (Å²) in [6.45, 7) is 8.00. The highest BCUT2D eigenvalue weighted by molar-refractivity contribution is 4.74. The van der Waals surface area contributed by atoms with Gasteiger partial charge >= 0.3 is 0 Å². The van der Waals surface area contributed by atoms with Crippen molar-refractivity contribution in [2.75, 3.05) is 7.11 Å². The molecule has 0 unspecified atom stereocenters. The molecule has 0 radical (unpaired) electrons. The molecule has 0 aromatic carbocycles. The summed E-state index contributed by atoms with van der Waals surface area (Å²) in [5, 5.41) is 7.00. The first kappa shape index (κ1) is 17.2. The Bertz CT molecular complexity index is 84.5. The molecule has 0 aliphatic rings. The molecule has 0 saturated heterocycles. The summed E-state index contributed by atoms with van der Waals surface area (Å²) in [5.41, 5.74) is 0. The third-order valence-corrected chi connectivity index (χ3v) is 0.478. The number of hydrogen-bond donors (Lipinski definition) is 1. The Labute approximate surface area is 75.5 Å². The zero-order valence-corrected chi connectivity index (χ0v) is 8.65. The van der Waals surface area contributed by atoms with Gasteiger partial charge in [0, 0.05) is 19.5 Å². The van der Waals surface area contributed by atoms with Crippen LogP contribution in [-0.4, -0.2) is 22.2 Å². The van der Waals surface area contributed by atoms with Crippen LogP contribution in [0.1, 0.15) is 27.7 Å². The second-order valence-electron chi connectivity index (χ2n) is 0.904. The van der Waals surface area contributed by atoms with Crippen LogP contribution in [0.15, 0.2) is 24.8 Å². The van der Waals surface area contributed by atoms with Crippen LogP contribution in [-0.2, 0) is 0 Å². The van der Waals surface area contributed by atoms with E-state index in [0.29, 0.717) is 0 Å². The largest absolute Gasteiger partial charge is 0.400 e. The zero-order valence-electron chi connectivity index (χ0n) is 8.65. The number of aliphatic hydroxyl groups is 1. The molecule has 0 amide bonds. The van der Waals surface area contributed by atoms with Crippen LogP contribution in [0, 0.1) is 0 Å². The summed E-state index contributed by atoms with van der Waals surface area (Å²) < 4.78 is 0. The van der Waals surface area contributed by atoms with Crippen molar-refractivity contribution in [3.8, 4) is 0 Å². The van der Waals surface area contributed by atoms with Gasteiger partial charge in [-0.25, -0.2) is 9.97 Å². The van der Waals surface area contributed by atoms with Crippen molar-refractivity contribution in [3.63, 3.8) is 0 Å². The van der Waals surface area contributed by atoms with E-state index in [2.05, 4.69) is 9.97 Å². The molecule has 3 nitrogen and oxygen atoms in total. The van der Waals surface area contributed by atoms with Gasteiger partial charge in [-0.2, -0.15) is 0 Å². The van der Waals surface area contributed by atoms with E-state index in [0.717, 1.165) is 7.11 Å². The maximum Gasteiger partial charge on any atom is 0.115 e. The lowest BCUT2D eigenvalue weighted by atomic mass is 10.7. The fourth-order valence-corrected chi connectivity index (χ4v) is 0.253. The highest BCUT2D eigenvalue weighted by Gasteiger charge is 1.59. The summed E-state index contributed by atoms with van der Waals surface area (Å²) >= 11 is 0. The van der Waals surface area contributed by atoms with Gasteiger partial charge < -0.3 is 5.11 Å². The smallest absolute Gasteiger partial charge is 0.115 e. The van der Waals surface area contributed by atoms with Gasteiger partial charge in [-0.05, 0) is 6.07 Å². The predicted molar refractivity (Wildman–Crippen MR) is 52.9 cm³/mol. The molecule has 72 valence electrons. The lowest BCUT2D eigenvalue weighted by Gasteiger charge is -1.70. The molecule has 1 aromatic rings. The van der Waals surface area contributed by atoms with Crippen LogP contribution in [0.5, 0.6) is 0 Å². The molecule has 0 saturated carbocycles. The minimum absolute atomic E-state index is 1.00. The highest BCUT2D eigenvalue weighted by atomic mass is 16.2. The van der Waals surface area contributed by atoms with Gasteiger partial charge in [-0.3, -0.25) is 0 Å². The van der Waals surface area contributed by atoms with E-state index in [9.17, 15) is 0 Å². The van der Waals surface area contributed by atoms with Crippen molar-refractivity contribution < 1.29 is 5.11 Å². The van der Waals surface area contributed by atoms with E-state index >= 15 is 0 Å². The van der Waals surface area contributed by atoms with Crippen molar-refractivity contribution in [2.45, 2.75) is 27.7 Å². The van der Waals surface area contributed by atoms with E-state index < -0.39 is 0 Å². The van der Waals surface area contributed by atoms with E-state index in [1.54, 1.807) is 18.5 Å². The number of aromatic nitrogens is 2. The fourth-order valence-electron chi connectivity index (χ4n) is 0.253. The molecule has 1 aromatic heterocycles. The third kappa shape index (κ3) is 23.0. The summed E-state index contributed by atoms with van der Waals surface area (Å²) in [4.78, 5) is 7.35. The van der Waals surface area contributed by atoms with Gasteiger partial charge in [-0.1, -0.05) is 27.7 Å². The number of rotatable bonds is 0. The van der Waals surface area contributed by atoms with Crippen LogP contribution in [0.3, 0.4) is 0 Å². The third-order valence-electron chi connectivity index (χ3n) is 0.478. The van der Waals surface area contributed by atoms with Crippen molar-refractivity contribution in [3.05, 3.63) is 24.8 Å². The Morgan fingerprint density at radius 2 is 1.17 bits per heavy atom. The molecule has 0 spiro atoms. The standard InChI is InChI=1S/C4H4N2.2C2H6.CH4O/c1-2-5-4-6-3-1;3*1-2/h1-4H;2*1-2H3;2H,1H3. The van der Waals surface area contributed by atoms with Gasteiger partial charge in [0.25, 0.3) is 0 Å². The van der Waals surface area contributed by atoms with Gasteiger partial charge in [-0.15, -0.1) is 0 Å². The Morgan fingerprint density at radius 3 is 1.25 bits per heavy atom. The van der Waals surface area contributed by atoms with Crippen LogP contribution in [0.2, 0.25) is 0 Å². The van der Waals surface area contributed by atoms with Crippen LogP contribution in [0.4, 0.5) is 0 Å². The first-order valence-electron chi connectivity index (χ1n) is 4.15. The SMILES string of the molecule is CC.CC.CO.c1cncnc1. The molecule has 0 fully saturated rings. The normalized spacial score (nSPS) is 5.50. The maximum absolute atomic E-state index is 7.00. The van der Waals surface area contributed by atoms with Crippen molar-refractivity contribution in [2.24, 2.45) is 0 Å². The first-order valence-corrected chi connectivity index (χ1v) is 4.15. The molecule has 1 rings (SSSR count). The Hall–Kier alpha value is -0.960. The zero-order chi connectivity index (χ0) is 10.2. The van der Waals surface area contributed by atoms with Gasteiger partial charge in [0.15, 0.2) is 0 Å². The van der Waals surface area contributed by atoms with Crippen molar-refractivity contribution in [1.82, 2.24) is 9.97 Å². The minimum atomic E-state index is 1.00.